The first-order valence-corrected chi connectivity index (χ1v) is 5.24. The number of nitrogens with one attached hydrogen (secondary N) is 1. The van der Waals surface area contributed by atoms with Gasteiger partial charge in [-0.05, 0) is 31.4 Å². The standard InChI is InChI=1S/C9H17NS/c1-4-9(3)10-7-6-8-11-5-2/h1,9-10H,5-8H2,2-3H3. The van der Waals surface area contributed by atoms with Gasteiger partial charge in [0.1, 0.15) is 0 Å². The zero-order chi connectivity index (χ0) is 8.53. The van der Waals surface area contributed by atoms with Gasteiger partial charge in [0, 0.05) is 0 Å². The van der Waals surface area contributed by atoms with Gasteiger partial charge in [0.2, 0.25) is 0 Å². The highest BCUT2D eigenvalue weighted by Crippen LogP contribution is 1.99. The van der Waals surface area contributed by atoms with Crippen LogP contribution in [0.2, 0.25) is 0 Å². The monoisotopic (exact) mass is 171 g/mol. The molecule has 1 N–H and O–H groups in total. The fraction of sp³-hybridized carbons (Fsp3) is 0.778. The summed E-state index contributed by atoms with van der Waals surface area (Å²) < 4.78 is 0. The molecule has 0 aromatic rings. The van der Waals surface area contributed by atoms with Crippen molar-refractivity contribution >= 4 is 11.8 Å². The lowest BCUT2D eigenvalue weighted by Crippen LogP contribution is -2.25. The van der Waals surface area contributed by atoms with E-state index in [2.05, 4.69) is 18.2 Å². The molecule has 2 heteroatoms. The summed E-state index contributed by atoms with van der Waals surface area (Å²) in [7, 11) is 0. The van der Waals surface area contributed by atoms with Gasteiger partial charge in [-0.1, -0.05) is 12.8 Å². The maximum Gasteiger partial charge on any atom is 0.0658 e. The zero-order valence-electron chi connectivity index (χ0n) is 7.39. The molecule has 0 spiro atoms. The third-order valence-electron chi connectivity index (χ3n) is 1.37. The van der Waals surface area contributed by atoms with Crippen LogP contribution in [0.15, 0.2) is 0 Å². The Bertz CT molecular complexity index is 117. The third-order valence-corrected chi connectivity index (χ3v) is 2.36. The molecular formula is C9H17NS. The minimum absolute atomic E-state index is 0.224. The summed E-state index contributed by atoms with van der Waals surface area (Å²) in [6.07, 6.45) is 6.41. The van der Waals surface area contributed by atoms with Gasteiger partial charge in [0.15, 0.2) is 0 Å². The van der Waals surface area contributed by atoms with Crippen LogP contribution in [-0.2, 0) is 0 Å². The van der Waals surface area contributed by atoms with E-state index in [0.717, 1.165) is 6.54 Å². The van der Waals surface area contributed by atoms with Crippen LogP contribution in [0.3, 0.4) is 0 Å². The van der Waals surface area contributed by atoms with Crippen molar-refractivity contribution < 1.29 is 0 Å². The molecule has 0 amide bonds. The molecule has 1 nitrogen and oxygen atoms in total. The second kappa shape index (κ2) is 7.97. The van der Waals surface area contributed by atoms with Crippen molar-refractivity contribution in [2.24, 2.45) is 0 Å². The Morgan fingerprint density at radius 2 is 2.36 bits per heavy atom. The lowest BCUT2D eigenvalue weighted by Gasteiger charge is -2.05. The molecule has 0 aromatic carbocycles. The highest BCUT2D eigenvalue weighted by molar-refractivity contribution is 7.99. The maximum atomic E-state index is 5.20. The van der Waals surface area contributed by atoms with Crippen LogP contribution in [0.5, 0.6) is 0 Å². The summed E-state index contributed by atoms with van der Waals surface area (Å²) in [5.74, 6) is 5.09. The summed E-state index contributed by atoms with van der Waals surface area (Å²) in [6, 6.07) is 0.224. The lowest BCUT2D eigenvalue weighted by atomic mass is 10.3. The first-order valence-electron chi connectivity index (χ1n) is 4.08. The van der Waals surface area contributed by atoms with E-state index < -0.39 is 0 Å². The normalized spacial score (nSPS) is 12.5. The van der Waals surface area contributed by atoms with Crippen LogP contribution in [-0.4, -0.2) is 24.1 Å². The Balaban J connectivity index is 2.97. The van der Waals surface area contributed by atoms with Gasteiger partial charge in [0.25, 0.3) is 0 Å². The summed E-state index contributed by atoms with van der Waals surface area (Å²) in [4.78, 5) is 0. The zero-order valence-corrected chi connectivity index (χ0v) is 8.21. The highest BCUT2D eigenvalue weighted by Gasteiger charge is 1.93. The first-order chi connectivity index (χ1) is 5.31. The molecule has 0 fully saturated rings. The van der Waals surface area contributed by atoms with Crippen LogP contribution < -0.4 is 5.32 Å². The molecule has 1 unspecified atom stereocenters. The summed E-state index contributed by atoms with van der Waals surface area (Å²) >= 11 is 1.98. The molecule has 11 heavy (non-hydrogen) atoms. The first kappa shape index (κ1) is 10.9. The van der Waals surface area contributed by atoms with Crippen LogP contribution in [0.4, 0.5) is 0 Å². The van der Waals surface area contributed by atoms with Crippen LogP contribution in [0.25, 0.3) is 0 Å². The van der Waals surface area contributed by atoms with Crippen molar-refractivity contribution in [3.8, 4) is 12.3 Å². The van der Waals surface area contributed by atoms with Crippen molar-refractivity contribution in [3.63, 3.8) is 0 Å². The number of thioether (sulfide) groups is 1. The van der Waals surface area contributed by atoms with E-state index >= 15 is 0 Å². The summed E-state index contributed by atoms with van der Waals surface area (Å²) in [5, 5.41) is 3.24. The fourth-order valence-electron chi connectivity index (χ4n) is 0.696. The van der Waals surface area contributed by atoms with Gasteiger partial charge in [-0.3, -0.25) is 0 Å². The highest BCUT2D eigenvalue weighted by atomic mass is 32.2. The van der Waals surface area contributed by atoms with E-state index in [-0.39, 0.29) is 6.04 Å². The van der Waals surface area contributed by atoms with Crippen LogP contribution >= 0.6 is 11.8 Å². The van der Waals surface area contributed by atoms with Gasteiger partial charge in [0.05, 0.1) is 6.04 Å². The molecule has 0 aliphatic rings. The molecule has 64 valence electrons. The summed E-state index contributed by atoms with van der Waals surface area (Å²) in [6.45, 7) is 5.23. The van der Waals surface area contributed by atoms with E-state index in [4.69, 9.17) is 6.42 Å². The Morgan fingerprint density at radius 1 is 1.64 bits per heavy atom. The number of hydrogen-bond acceptors (Lipinski definition) is 2. The predicted octanol–water partition coefficient (Wildman–Crippen LogP) is 1.74. The van der Waals surface area contributed by atoms with Crippen molar-refractivity contribution in [2.45, 2.75) is 26.3 Å². The molecule has 0 rings (SSSR count). The van der Waals surface area contributed by atoms with Gasteiger partial charge >= 0.3 is 0 Å². The van der Waals surface area contributed by atoms with Crippen molar-refractivity contribution in [2.75, 3.05) is 18.1 Å². The SMILES string of the molecule is C#CC(C)NCCCSCC. The smallest absolute Gasteiger partial charge is 0.0658 e. The minimum atomic E-state index is 0.224. The van der Waals surface area contributed by atoms with E-state index in [1.807, 2.05) is 18.7 Å². The van der Waals surface area contributed by atoms with Crippen LogP contribution in [0, 0.1) is 12.3 Å². The Morgan fingerprint density at radius 3 is 2.91 bits per heavy atom. The molecule has 0 aliphatic heterocycles. The molecule has 1 atom stereocenters. The van der Waals surface area contributed by atoms with Gasteiger partial charge < -0.3 is 5.32 Å². The number of hydrogen-bond donors (Lipinski definition) is 1. The molecule has 0 heterocycles. The molecule has 0 saturated heterocycles. The van der Waals surface area contributed by atoms with Crippen LogP contribution in [0.1, 0.15) is 20.3 Å². The quantitative estimate of drug-likeness (QED) is 0.482. The average molecular weight is 171 g/mol. The predicted molar refractivity (Wildman–Crippen MR) is 53.9 cm³/mol. The van der Waals surface area contributed by atoms with E-state index in [0.29, 0.717) is 0 Å². The minimum Gasteiger partial charge on any atom is -0.304 e. The second-order valence-corrected chi connectivity index (χ2v) is 3.79. The molecule has 0 saturated carbocycles. The second-order valence-electron chi connectivity index (χ2n) is 2.39. The number of terminal acetylenes is 1. The molecule has 0 aromatic heterocycles. The van der Waals surface area contributed by atoms with E-state index in [9.17, 15) is 0 Å². The van der Waals surface area contributed by atoms with E-state index in [1.165, 1.54) is 17.9 Å². The van der Waals surface area contributed by atoms with Gasteiger partial charge in [-0.25, -0.2) is 0 Å². The third kappa shape index (κ3) is 7.77. The molecule has 0 bridgehead atoms. The maximum absolute atomic E-state index is 5.20. The van der Waals surface area contributed by atoms with Crippen molar-refractivity contribution in [1.82, 2.24) is 5.32 Å². The van der Waals surface area contributed by atoms with Crippen molar-refractivity contribution in [3.05, 3.63) is 0 Å². The van der Waals surface area contributed by atoms with E-state index in [1.54, 1.807) is 0 Å². The molecular weight excluding hydrogens is 154 g/mol. The molecule has 0 radical (unpaired) electrons. The molecule has 0 aliphatic carbocycles. The Labute approximate surface area is 74.3 Å². The average Bonchev–Trinajstić information content (AvgIpc) is 2.04. The van der Waals surface area contributed by atoms with Gasteiger partial charge in [-0.2, -0.15) is 11.8 Å². The fourth-order valence-corrected chi connectivity index (χ4v) is 1.33. The van der Waals surface area contributed by atoms with Crippen molar-refractivity contribution in [1.29, 1.82) is 0 Å². The topological polar surface area (TPSA) is 12.0 Å². The largest absolute Gasteiger partial charge is 0.304 e. The lowest BCUT2D eigenvalue weighted by molar-refractivity contribution is 0.639. The van der Waals surface area contributed by atoms with Gasteiger partial charge in [-0.15, -0.1) is 6.42 Å². The Kier molecular flexibility index (Phi) is 7.88. The summed E-state index contributed by atoms with van der Waals surface area (Å²) in [5.41, 5.74) is 0. The Hall–Kier alpha value is -0.130. The number of rotatable bonds is 6.